The lowest BCUT2D eigenvalue weighted by atomic mass is 10.1. The molecule has 0 saturated carbocycles. The fourth-order valence-corrected chi connectivity index (χ4v) is 4.55. The topological polar surface area (TPSA) is 102 Å². The van der Waals surface area contributed by atoms with E-state index in [-0.39, 0.29) is 23.5 Å². The van der Waals surface area contributed by atoms with Crippen molar-refractivity contribution in [3.8, 4) is 6.07 Å². The first-order valence-corrected chi connectivity index (χ1v) is 9.89. The van der Waals surface area contributed by atoms with Gasteiger partial charge >= 0.3 is 5.97 Å². The zero-order chi connectivity index (χ0) is 19.4. The van der Waals surface area contributed by atoms with Crippen molar-refractivity contribution in [1.82, 2.24) is 9.21 Å². The van der Waals surface area contributed by atoms with Gasteiger partial charge in [0.05, 0.1) is 16.5 Å². The number of nitrogens with zero attached hydrogens (tertiary/aromatic N) is 3. The van der Waals surface area contributed by atoms with Crippen LogP contribution in [0.15, 0.2) is 59.5 Å². The van der Waals surface area contributed by atoms with Crippen LogP contribution in [-0.4, -0.2) is 54.9 Å². The quantitative estimate of drug-likeness (QED) is 0.844. The van der Waals surface area contributed by atoms with E-state index in [1.807, 2.05) is 35.2 Å². The molecule has 1 aliphatic heterocycles. The highest BCUT2D eigenvalue weighted by Crippen LogP contribution is 2.24. The Kier molecular flexibility index (Phi) is 5.56. The molecule has 1 fully saturated rings. The molecule has 0 radical (unpaired) electrons. The van der Waals surface area contributed by atoms with Crippen molar-refractivity contribution in [2.45, 2.75) is 10.9 Å². The Morgan fingerprint density at radius 3 is 2.11 bits per heavy atom. The number of rotatable bonds is 5. The van der Waals surface area contributed by atoms with E-state index in [1.165, 1.54) is 28.6 Å². The van der Waals surface area contributed by atoms with Gasteiger partial charge in [0.25, 0.3) is 0 Å². The van der Waals surface area contributed by atoms with Gasteiger partial charge in [0.1, 0.15) is 6.04 Å². The van der Waals surface area contributed by atoms with Gasteiger partial charge in [0.2, 0.25) is 10.0 Å². The van der Waals surface area contributed by atoms with Crippen LogP contribution in [-0.2, 0) is 10.0 Å². The Balaban J connectivity index is 1.71. The lowest BCUT2D eigenvalue weighted by molar-refractivity contribution is 0.0696. The molecule has 1 aliphatic rings. The maximum absolute atomic E-state index is 12.8. The molecule has 1 saturated heterocycles. The Hall–Kier alpha value is -2.73. The molecule has 140 valence electrons. The van der Waals surface area contributed by atoms with Crippen LogP contribution in [0, 0.1) is 11.3 Å². The highest BCUT2D eigenvalue weighted by atomic mass is 32.2. The Labute approximate surface area is 158 Å². The zero-order valence-corrected chi connectivity index (χ0v) is 15.3. The van der Waals surface area contributed by atoms with Crippen molar-refractivity contribution < 1.29 is 18.3 Å². The lowest BCUT2D eigenvalue weighted by Crippen LogP contribution is -2.49. The number of hydrogen-bond donors (Lipinski definition) is 1. The van der Waals surface area contributed by atoms with Crippen LogP contribution in [0.2, 0.25) is 0 Å². The number of sulfonamides is 1. The molecule has 0 aromatic heterocycles. The predicted octanol–water partition coefficient (Wildman–Crippen LogP) is 1.96. The lowest BCUT2D eigenvalue weighted by Gasteiger charge is -2.36. The fourth-order valence-electron chi connectivity index (χ4n) is 3.12. The number of nitriles is 1. The molecule has 1 heterocycles. The van der Waals surface area contributed by atoms with Crippen molar-refractivity contribution in [2.24, 2.45) is 0 Å². The molecule has 7 nitrogen and oxygen atoms in total. The second-order valence-electron chi connectivity index (χ2n) is 6.21. The molecule has 0 aliphatic carbocycles. The van der Waals surface area contributed by atoms with Crippen molar-refractivity contribution in [1.29, 1.82) is 5.26 Å². The third kappa shape index (κ3) is 4.01. The zero-order valence-electron chi connectivity index (χ0n) is 14.5. The van der Waals surface area contributed by atoms with Crippen LogP contribution < -0.4 is 0 Å². The van der Waals surface area contributed by atoms with Gasteiger partial charge in [-0.1, -0.05) is 30.3 Å². The molecule has 0 amide bonds. The molecule has 0 spiro atoms. The van der Waals surface area contributed by atoms with Gasteiger partial charge in [-0.25, -0.2) is 13.2 Å². The molecule has 8 heteroatoms. The van der Waals surface area contributed by atoms with Crippen molar-refractivity contribution in [3.05, 3.63) is 65.7 Å². The van der Waals surface area contributed by atoms with Gasteiger partial charge in [-0.3, -0.25) is 4.90 Å². The number of benzene rings is 2. The van der Waals surface area contributed by atoms with Crippen LogP contribution in [0.25, 0.3) is 0 Å². The molecular formula is C19H19N3O4S. The third-order valence-corrected chi connectivity index (χ3v) is 6.53. The van der Waals surface area contributed by atoms with E-state index in [0.717, 1.165) is 5.56 Å². The molecule has 0 bridgehead atoms. The van der Waals surface area contributed by atoms with E-state index >= 15 is 0 Å². The minimum atomic E-state index is -3.69. The first kappa shape index (κ1) is 19.0. The van der Waals surface area contributed by atoms with Crippen LogP contribution in [0.1, 0.15) is 22.0 Å². The van der Waals surface area contributed by atoms with E-state index in [9.17, 15) is 18.5 Å². The largest absolute Gasteiger partial charge is 0.478 e. The summed E-state index contributed by atoms with van der Waals surface area (Å²) in [6.07, 6.45) is 0. The number of piperazine rings is 1. The van der Waals surface area contributed by atoms with Crippen LogP contribution in [0.5, 0.6) is 0 Å². The van der Waals surface area contributed by atoms with Gasteiger partial charge in [0, 0.05) is 26.2 Å². The number of aromatic carboxylic acids is 1. The van der Waals surface area contributed by atoms with E-state index in [0.29, 0.717) is 13.1 Å². The Morgan fingerprint density at radius 1 is 1.00 bits per heavy atom. The Morgan fingerprint density at radius 2 is 1.59 bits per heavy atom. The second kappa shape index (κ2) is 7.88. The summed E-state index contributed by atoms with van der Waals surface area (Å²) in [7, 11) is -3.69. The standard InChI is InChI=1S/C19H19N3O4S/c20-14-18(15-4-2-1-3-5-15)21-10-12-22(13-11-21)27(25,26)17-8-6-16(7-9-17)19(23)24/h1-9,18H,10-13H2,(H,23,24)/t18-/m1/s1. The van der Waals surface area contributed by atoms with Crippen LogP contribution in [0.3, 0.4) is 0 Å². The summed E-state index contributed by atoms with van der Waals surface area (Å²) in [5.41, 5.74) is 0.930. The van der Waals surface area contributed by atoms with E-state index in [2.05, 4.69) is 6.07 Å². The number of carboxylic acid groups (broad SMARTS) is 1. The average Bonchev–Trinajstić information content (AvgIpc) is 2.70. The molecular weight excluding hydrogens is 366 g/mol. The van der Waals surface area contributed by atoms with Crippen molar-refractivity contribution in [2.75, 3.05) is 26.2 Å². The summed E-state index contributed by atoms with van der Waals surface area (Å²) in [6.45, 7) is 1.43. The smallest absolute Gasteiger partial charge is 0.335 e. The maximum atomic E-state index is 12.8. The third-order valence-electron chi connectivity index (χ3n) is 4.62. The van der Waals surface area contributed by atoms with Gasteiger partial charge in [-0.2, -0.15) is 9.57 Å². The number of carboxylic acids is 1. The predicted molar refractivity (Wildman–Crippen MR) is 98.5 cm³/mol. The summed E-state index contributed by atoms with van der Waals surface area (Å²) in [5, 5.41) is 18.5. The fraction of sp³-hybridized carbons (Fsp3) is 0.263. The minimum Gasteiger partial charge on any atom is -0.478 e. The normalized spacial score (nSPS) is 17.1. The van der Waals surface area contributed by atoms with Crippen LogP contribution in [0.4, 0.5) is 0 Å². The van der Waals surface area contributed by atoms with E-state index in [1.54, 1.807) is 0 Å². The van der Waals surface area contributed by atoms with Gasteiger partial charge < -0.3 is 5.11 Å². The van der Waals surface area contributed by atoms with Crippen LogP contribution >= 0.6 is 0 Å². The molecule has 0 unspecified atom stereocenters. The summed E-state index contributed by atoms with van der Waals surface area (Å²) in [4.78, 5) is 13.0. The van der Waals surface area contributed by atoms with Crippen molar-refractivity contribution >= 4 is 16.0 Å². The second-order valence-corrected chi connectivity index (χ2v) is 8.15. The Bertz CT molecular complexity index is 945. The molecule has 1 atom stereocenters. The first-order chi connectivity index (χ1) is 12.9. The maximum Gasteiger partial charge on any atom is 0.335 e. The van der Waals surface area contributed by atoms with Gasteiger partial charge in [-0.15, -0.1) is 0 Å². The molecule has 2 aromatic carbocycles. The van der Waals surface area contributed by atoms with E-state index < -0.39 is 22.0 Å². The summed E-state index contributed by atoms with van der Waals surface area (Å²) in [5.74, 6) is -1.10. The number of hydrogen-bond acceptors (Lipinski definition) is 5. The first-order valence-electron chi connectivity index (χ1n) is 8.45. The highest BCUT2D eigenvalue weighted by Gasteiger charge is 2.31. The summed E-state index contributed by atoms with van der Waals surface area (Å²) in [6, 6.07) is 16.5. The van der Waals surface area contributed by atoms with E-state index in [4.69, 9.17) is 5.11 Å². The molecule has 27 heavy (non-hydrogen) atoms. The van der Waals surface area contributed by atoms with Crippen molar-refractivity contribution in [3.63, 3.8) is 0 Å². The molecule has 3 rings (SSSR count). The molecule has 1 N–H and O–H groups in total. The SMILES string of the molecule is N#C[C@H](c1ccccc1)N1CCN(S(=O)(=O)c2ccc(C(=O)O)cc2)CC1. The minimum absolute atomic E-state index is 0.0403. The van der Waals surface area contributed by atoms with Gasteiger partial charge in [0.15, 0.2) is 0 Å². The average molecular weight is 385 g/mol. The summed E-state index contributed by atoms with van der Waals surface area (Å²) < 4.78 is 26.9. The summed E-state index contributed by atoms with van der Waals surface area (Å²) >= 11 is 0. The monoisotopic (exact) mass is 385 g/mol. The molecule has 2 aromatic rings. The van der Waals surface area contributed by atoms with Gasteiger partial charge in [-0.05, 0) is 29.8 Å². The highest BCUT2D eigenvalue weighted by molar-refractivity contribution is 7.89. The number of carbonyl (C=O) groups is 1.